The molecule has 1 aromatic heterocycles. The van der Waals surface area contributed by atoms with Crippen LogP contribution >= 0.6 is 45.7 Å². The Morgan fingerprint density at radius 2 is 2.13 bits per heavy atom. The molecule has 126 valence electrons. The highest BCUT2D eigenvalue weighted by Gasteiger charge is 2.04. The van der Waals surface area contributed by atoms with E-state index in [1.54, 1.807) is 30.0 Å². The lowest BCUT2D eigenvalue weighted by atomic mass is 10.3. The van der Waals surface area contributed by atoms with E-state index in [0.717, 1.165) is 32.0 Å². The van der Waals surface area contributed by atoms with E-state index in [1.807, 2.05) is 23.6 Å². The standard InChI is InChI=1S/C9H6N2S3.C4H10O3S2/c10-5-12-6-13-9-11-7-3-1-2-4-8(7)14-9;1-4(5)3-8-9(2,6)7/h1-4H,6H2;4-5H,3H2,1-2H3. The van der Waals surface area contributed by atoms with Gasteiger partial charge in [-0.3, -0.25) is 0 Å². The van der Waals surface area contributed by atoms with Gasteiger partial charge in [-0.25, -0.2) is 13.4 Å². The third kappa shape index (κ3) is 9.44. The number of hydrogen-bond acceptors (Lipinski definition) is 9. The molecule has 1 aromatic carbocycles. The molecule has 5 nitrogen and oxygen atoms in total. The van der Waals surface area contributed by atoms with Crippen LogP contribution in [-0.4, -0.2) is 41.7 Å². The van der Waals surface area contributed by atoms with Gasteiger partial charge in [0.2, 0.25) is 0 Å². The fraction of sp³-hybridized carbons (Fsp3) is 0.385. The minimum Gasteiger partial charge on any atom is -0.393 e. The van der Waals surface area contributed by atoms with E-state index in [4.69, 9.17) is 10.4 Å². The number of thiazole rings is 1. The minimum atomic E-state index is -2.96. The molecule has 1 unspecified atom stereocenters. The van der Waals surface area contributed by atoms with E-state index in [-0.39, 0.29) is 5.75 Å². The first kappa shape index (κ1) is 20.6. The van der Waals surface area contributed by atoms with Crippen LogP contribution in [0.5, 0.6) is 0 Å². The second kappa shape index (κ2) is 10.4. The Balaban J connectivity index is 0.000000257. The summed E-state index contributed by atoms with van der Waals surface area (Å²) in [6, 6.07) is 8.07. The Kier molecular flexibility index (Phi) is 9.34. The molecule has 0 amide bonds. The molecule has 0 radical (unpaired) electrons. The Morgan fingerprint density at radius 3 is 2.65 bits per heavy atom. The van der Waals surface area contributed by atoms with E-state index < -0.39 is 15.0 Å². The van der Waals surface area contributed by atoms with Gasteiger partial charge in [-0.15, -0.1) is 11.3 Å². The Labute approximate surface area is 152 Å². The van der Waals surface area contributed by atoms with Gasteiger partial charge in [-0.1, -0.05) is 23.9 Å². The monoisotopic (exact) mass is 408 g/mol. The summed E-state index contributed by atoms with van der Waals surface area (Å²) in [6.07, 6.45) is 0.574. The normalized spacial score (nSPS) is 12.3. The van der Waals surface area contributed by atoms with Gasteiger partial charge < -0.3 is 5.11 Å². The number of aliphatic hydroxyl groups is 1. The Morgan fingerprint density at radius 1 is 1.43 bits per heavy atom. The Bertz CT molecular complexity index is 719. The largest absolute Gasteiger partial charge is 0.393 e. The Hall–Kier alpha value is -0.440. The third-order valence-corrected chi connectivity index (χ3v) is 7.69. The van der Waals surface area contributed by atoms with Gasteiger partial charge in [0.05, 0.1) is 21.4 Å². The molecule has 0 aliphatic rings. The third-order valence-electron chi connectivity index (χ3n) is 2.10. The van der Waals surface area contributed by atoms with Gasteiger partial charge in [-0.2, -0.15) is 5.26 Å². The van der Waals surface area contributed by atoms with Crippen molar-refractivity contribution < 1.29 is 13.5 Å². The molecule has 23 heavy (non-hydrogen) atoms. The van der Waals surface area contributed by atoms with Crippen molar-refractivity contribution >= 4 is 64.7 Å². The van der Waals surface area contributed by atoms with Crippen LogP contribution in [0.2, 0.25) is 0 Å². The number of nitrogens with zero attached hydrogens (tertiary/aromatic N) is 2. The summed E-state index contributed by atoms with van der Waals surface area (Å²) in [7, 11) is -2.20. The van der Waals surface area contributed by atoms with E-state index in [0.29, 0.717) is 0 Å². The molecule has 0 aliphatic heterocycles. The van der Waals surface area contributed by atoms with Crippen molar-refractivity contribution in [3.05, 3.63) is 24.3 Å². The van der Waals surface area contributed by atoms with Crippen molar-refractivity contribution in [3.8, 4) is 5.40 Å². The first-order valence-electron chi connectivity index (χ1n) is 6.33. The molecule has 2 rings (SSSR count). The number of hydrogen-bond donors (Lipinski definition) is 1. The van der Waals surface area contributed by atoms with Crippen molar-refractivity contribution in [1.29, 1.82) is 5.26 Å². The number of para-hydroxylation sites is 1. The second-order valence-corrected chi connectivity index (χ2v) is 12.2. The molecule has 0 fully saturated rings. The molecule has 1 N–H and O–H groups in total. The van der Waals surface area contributed by atoms with Crippen LogP contribution in [0.1, 0.15) is 6.92 Å². The van der Waals surface area contributed by atoms with Gasteiger partial charge in [0.25, 0.3) is 0 Å². The predicted octanol–water partition coefficient (Wildman–Crippen LogP) is 3.62. The topological polar surface area (TPSA) is 91.0 Å². The van der Waals surface area contributed by atoms with E-state index in [9.17, 15) is 8.42 Å². The van der Waals surface area contributed by atoms with Gasteiger partial charge in [0, 0.05) is 12.0 Å². The number of aliphatic hydroxyl groups excluding tert-OH is 1. The molecule has 0 saturated carbocycles. The number of fused-ring (bicyclic) bond motifs is 1. The van der Waals surface area contributed by atoms with Gasteiger partial charge in [0.15, 0.2) is 13.2 Å². The highest BCUT2D eigenvalue weighted by molar-refractivity contribution is 8.71. The van der Waals surface area contributed by atoms with Gasteiger partial charge in [-0.05, 0) is 41.6 Å². The van der Waals surface area contributed by atoms with Crippen LogP contribution < -0.4 is 0 Å². The average Bonchev–Trinajstić information content (AvgIpc) is 2.88. The molecule has 0 bridgehead atoms. The van der Waals surface area contributed by atoms with E-state index in [2.05, 4.69) is 11.1 Å². The average molecular weight is 409 g/mol. The summed E-state index contributed by atoms with van der Waals surface area (Å²) in [6.45, 7) is 1.55. The predicted molar refractivity (Wildman–Crippen MR) is 103 cm³/mol. The van der Waals surface area contributed by atoms with Crippen LogP contribution in [-0.2, 0) is 8.87 Å². The maximum absolute atomic E-state index is 10.4. The second-order valence-electron chi connectivity index (χ2n) is 4.28. The molecular weight excluding hydrogens is 392 g/mol. The number of nitriles is 1. The highest BCUT2D eigenvalue weighted by Crippen LogP contribution is 2.30. The molecule has 10 heteroatoms. The smallest absolute Gasteiger partial charge is 0.198 e. The quantitative estimate of drug-likeness (QED) is 0.255. The lowest BCUT2D eigenvalue weighted by Crippen LogP contribution is -2.05. The van der Waals surface area contributed by atoms with Crippen LogP contribution in [0.3, 0.4) is 0 Å². The number of rotatable bonds is 6. The summed E-state index contributed by atoms with van der Waals surface area (Å²) in [5, 5.41) is 19.8. The molecule has 0 aliphatic carbocycles. The van der Waals surface area contributed by atoms with Crippen molar-refractivity contribution in [2.24, 2.45) is 0 Å². The van der Waals surface area contributed by atoms with E-state index in [1.165, 1.54) is 16.5 Å². The zero-order chi connectivity index (χ0) is 17.3. The molecule has 1 atom stereocenters. The minimum absolute atomic E-state index is 0.249. The SMILES string of the molecule is CC(O)CSS(C)(=O)=O.N#CSCSc1nc2ccccc2s1. The molecular formula is C13H16N2O3S5. The maximum atomic E-state index is 10.4. The zero-order valence-electron chi connectivity index (χ0n) is 12.5. The molecule has 0 spiro atoms. The van der Waals surface area contributed by atoms with Crippen LogP contribution in [0.25, 0.3) is 10.2 Å². The summed E-state index contributed by atoms with van der Waals surface area (Å²) in [5.74, 6) is 0.249. The summed E-state index contributed by atoms with van der Waals surface area (Å²) < 4.78 is 23.0. The first-order chi connectivity index (χ1) is 10.8. The van der Waals surface area contributed by atoms with E-state index >= 15 is 0 Å². The number of benzene rings is 1. The fourth-order valence-corrected chi connectivity index (χ4v) is 5.67. The molecule has 2 aromatic rings. The summed E-state index contributed by atoms with van der Waals surface area (Å²) in [5.41, 5.74) is 1.04. The number of aromatic nitrogens is 1. The van der Waals surface area contributed by atoms with Crippen molar-refractivity contribution in [2.75, 3.05) is 17.1 Å². The van der Waals surface area contributed by atoms with Crippen LogP contribution in [0.4, 0.5) is 0 Å². The molecule has 0 saturated heterocycles. The lowest BCUT2D eigenvalue weighted by molar-refractivity contribution is 0.220. The number of thiocyanates is 1. The van der Waals surface area contributed by atoms with Crippen LogP contribution in [0.15, 0.2) is 28.6 Å². The first-order valence-corrected chi connectivity index (χ1v) is 12.5. The van der Waals surface area contributed by atoms with Gasteiger partial charge in [0.1, 0.15) is 5.40 Å². The summed E-state index contributed by atoms with van der Waals surface area (Å²) in [4.78, 5) is 4.44. The maximum Gasteiger partial charge on any atom is 0.198 e. The van der Waals surface area contributed by atoms with Crippen molar-refractivity contribution in [2.45, 2.75) is 17.4 Å². The fourth-order valence-electron chi connectivity index (χ4n) is 1.24. The number of thioether (sulfide) groups is 2. The molecule has 1 heterocycles. The van der Waals surface area contributed by atoms with Gasteiger partial charge >= 0.3 is 0 Å². The lowest BCUT2D eigenvalue weighted by Gasteiger charge is -1.99. The summed E-state index contributed by atoms with van der Waals surface area (Å²) >= 11 is 4.54. The highest BCUT2D eigenvalue weighted by atomic mass is 33.1. The van der Waals surface area contributed by atoms with Crippen molar-refractivity contribution in [3.63, 3.8) is 0 Å². The zero-order valence-corrected chi connectivity index (χ0v) is 16.6. The van der Waals surface area contributed by atoms with Crippen LogP contribution in [0, 0.1) is 10.7 Å². The van der Waals surface area contributed by atoms with Crippen molar-refractivity contribution in [1.82, 2.24) is 4.98 Å².